The SMILES string of the molecule is c1ccc(-c2cc(-c3ccccc3)cc(-c3ccc(N(c4ccc(-c5cccc6c5sc5ccccc56)cc4)c4cccc5c4sc4ccccc45)cc3)c2)cc1. The molecule has 2 heterocycles. The van der Waals surface area contributed by atoms with Gasteiger partial charge in [0.2, 0.25) is 0 Å². The Morgan fingerprint density at radius 2 is 0.702 bits per heavy atom. The second kappa shape index (κ2) is 14.1. The van der Waals surface area contributed by atoms with E-state index in [0.29, 0.717) is 0 Å². The van der Waals surface area contributed by atoms with Crippen molar-refractivity contribution in [3.05, 3.63) is 212 Å². The number of thiophene rings is 2. The second-order valence-electron chi connectivity index (χ2n) is 14.5. The van der Waals surface area contributed by atoms with E-state index in [1.54, 1.807) is 0 Å². The zero-order valence-electron chi connectivity index (χ0n) is 31.0. The van der Waals surface area contributed by atoms with E-state index in [1.807, 2.05) is 22.7 Å². The molecule has 57 heavy (non-hydrogen) atoms. The molecule has 0 radical (unpaired) electrons. The van der Waals surface area contributed by atoms with Crippen LogP contribution in [0.5, 0.6) is 0 Å². The first-order valence-electron chi connectivity index (χ1n) is 19.3. The van der Waals surface area contributed by atoms with E-state index in [-0.39, 0.29) is 0 Å². The van der Waals surface area contributed by atoms with Gasteiger partial charge in [-0.1, -0.05) is 152 Å². The fourth-order valence-electron chi connectivity index (χ4n) is 8.29. The molecule has 11 aromatic rings. The van der Waals surface area contributed by atoms with E-state index in [4.69, 9.17) is 0 Å². The number of hydrogen-bond acceptors (Lipinski definition) is 3. The standard InChI is InChI=1S/C54H35NS2/c1-3-13-36(14-4-1)40-33-41(37-15-5-2-6-16-37)35-42(34-40)38-25-29-43(30-26-38)55(50-22-12-21-49-47-18-8-10-24-52(47)57-54(49)50)44-31-27-39(28-32-44)45-19-11-20-48-46-17-7-9-23-51(46)56-53(45)48/h1-35H. The molecule has 0 amide bonds. The van der Waals surface area contributed by atoms with E-state index in [1.165, 1.54) is 90.5 Å². The molecule has 0 aliphatic rings. The Morgan fingerprint density at radius 1 is 0.281 bits per heavy atom. The number of hydrogen-bond donors (Lipinski definition) is 0. The normalized spacial score (nSPS) is 11.5. The Morgan fingerprint density at radius 3 is 1.26 bits per heavy atom. The van der Waals surface area contributed by atoms with Crippen LogP contribution in [-0.2, 0) is 0 Å². The van der Waals surface area contributed by atoms with E-state index >= 15 is 0 Å². The maximum absolute atomic E-state index is 2.43. The minimum Gasteiger partial charge on any atom is -0.309 e. The van der Waals surface area contributed by atoms with Gasteiger partial charge < -0.3 is 4.90 Å². The molecule has 1 nitrogen and oxygen atoms in total. The molecule has 0 bridgehead atoms. The summed E-state index contributed by atoms with van der Waals surface area (Å²) in [6.07, 6.45) is 0. The van der Waals surface area contributed by atoms with Crippen molar-refractivity contribution in [3.8, 4) is 44.5 Å². The van der Waals surface area contributed by atoms with Gasteiger partial charge in [0.1, 0.15) is 0 Å². The van der Waals surface area contributed by atoms with Crippen LogP contribution < -0.4 is 4.90 Å². The van der Waals surface area contributed by atoms with Gasteiger partial charge in [-0.25, -0.2) is 0 Å². The summed E-state index contributed by atoms with van der Waals surface area (Å²) >= 11 is 3.75. The number of nitrogens with zero attached hydrogens (tertiary/aromatic N) is 1. The molecule has 0 aliphatic heterocycles. The minimum atomic E-state index is 1.12. The van der Waals surface area contributed by atoms with Gasteiger partial charge in [0.05, 0.1) is 10.4 Å². The fourth-order valence-corrected chi connectivity index (χ4v) is 10.7. The molecular formula is C54H35NS2. The molecule has 3 heteroatoms. The van der Waals surface area contributed by atoms with Gasteiger partial charge in [-0.15, -0.1) is 22.7 Å². The van der Waals surface area contributed by atoms with Gasteiger partial charge in [0.25, 0.3) is 0 Å². The van der Waals surface area contributed by atoms with Crippen LogP contribution in [0.2, 0.25) is 0 Å². The molecule has 0 atom stereocenters. The van der Waals surface area contributed by atoms with Crippen LogP contribution in [0.15, 0.2) is 212 Å². The van der Waals surface area contributed by atoms with Crippen LogP contribution in [0.4, 0.5) is 17.1 Å². The first kappa shape index (κ1) is 33.5. The Kier molecular flexibility index (Phi) is 8.28. The van der Waals surface area contributed by atoms with Crippen LogP contribution >= 0.6 is 22.7 Å². The van der Waals surface area contributed by atoms with Crippen molar-refractivity contribution in [3.63, 3.8) is 0 Å². The fraction of sp³-hybridized carbons (Fsp3) is 0. The Bertz CT molecular complexity index is 3150. The van der Waals surface area contributed by atoms with E-state index in [2.05, 4.69) is 217 Å². The lowest BCUT2D eigenvalue weighted by molar-refractivity contribution is 1.30. The lowest BCUT2D eigenvalue weighted by Gasteiger charge is -2.26. The maximum atomic E-state index is 2.43. The van der Waals surface area contributed by atoms with E-state index in [9.17, 15) is 0 Å². The zero-order valence-corrected chi connectivity index (χ0v) is 32.6. The third-order valence-electron chi connectivity index (χ3n) is 11.1. The summed E-state index contributed by atoms with van der Waals surface area (Å²) in [5.41, 5.74) is 13.1. The highest BCUT2D eigenvalue weighted by Crippen LogP contribution is 2.46. The first-order chi connectivity index (χ1) is 28.2. The summed E-state index contributed by atoms with van der Waals surface area (Å²) in [4.78, 5) is 2.43. The van der Waals surface area contributed by atoms with Crippen molar-refractivity contribution in [2.45, 2.75) is 0 Å². The molecule has 0 saturated heterocycles. The molecule has 0 aliphatic carbocycles. The third-order valence-corrected chi connectivity index (χ3v) is 13.5. The molecule has 0 spiro atoms. The average molecular weight is 762 g/mol. The highest BCUT2D eigenvalue weighted by molar-refractivity contribution is 7.26. The topological polar surface area (TPSA) is 3.24 Å². The van der Waals surface area contributed by atoms with Crippen molar-refractivity contribution < 1.29 is 0 Å². The Hall–Kier alpha value is -6.78. The number of rotatable bonds is 7. The summed E-state index contributed by atoms with van der Waals surface area (Å²) in [6.45, 7) is 0. The van der Waals surface area contributed by atoms with Crippen molar-refractivity contribution in [1.29, 1.82) is 0 Å². The van der Waals surface area contributed by atoms with Crippen molar-refractivity contribution in [1.82, 2.24) is 0 Å². The molecule has 9 aromatic carbocycles. The van der Waals surface area contributed by atoms with E-state index < -0.39 is 0 Å². The van der Waals surface area contributed by atoms with Gasteiger partial charge in [0.15, 0.2) is 0 Å². The lowest BCUT2D eigenvalue weighted by atomic mass is 9.93. The molecule has 11 rings (SSSR count). The lowest BCUT2D eigenvalue weighted by Crippen LogP contribution is -2.10. The number of anilines is 3. The second-order valence-corrected chi connectivity index (χ2v) is 16.6. The molecule has 268 valence electrons. The Labute approximate surface area is 340 Å². The minimum absolute atomic E-state index is 1.12. The smallest absolute Gasteiger partial charge is 0.0640 e. The van der Waals surface area contributed by atoms with Crippen LogP contribution in [0.25, 0.3) is 84.9 Å². The van der Waals surface area contributed by atoms with Crippen LogP contribution in [-0.4, -0.2) is 0 Å². The van der Waals surface area contributed by atoms with Crippen molar-refractivity contribution >= 4 is 80.1 Å². The van der Waals surface area contributed by atoms with Gasteiger partial charge in [0, 0.05) is 47.0 Å². The highest BCUT2D eigenvalue weighted by atomic mass is 32.1. The van der Waals surface area contributed by atoms with Gasteiger partial charge in [-0.05, 0) is 105 Å². The Balaban J connectivity index is 1.04. The van der Waals surface area contributed by atoms with Gasteiger partial charge >= 0.3 is 0 Å². The van der Waals surface area contributed by atoms with Gasteiger partial charge in [-0.3, -0.25) is 0 Å². The quantitative estimate of drug-likeness (QED) is 0.156. The van der Waals surface area contributed by atoms with Crippen molar-refractivity contribution in [2.24, 2.45) is 0 Å². The number of fused-ring (bicyclic) bond motifs is 6. The predicted molar refractivity (Wildman–Crippen MR) is 249 cm³/mol. The van der Waals surface area contributed by atoms with Crippen LogP contribution in [0.1, 0.15) is 0 Å². The molecule has 0 N–H and O–H groups in total. The number of benzene rings is 9. The summed E-state index contributed by atoms with van der Waals surface area (Å²) in [6, 6.07) is 77.6. The maximum Gasteiger partial charge on any atom is 0.0640 e. The predicted octanol–water partition coefficient (Wildman–Crippen LogP) is 16.6. The molecule has 0 saturated carbocycles. The summed E-state index contributed by atoms with van der Waals surface area (Å²) < 4.78 is 5.24. The monoisotopic (exact) mass is 761 g/mol. The molecule has 0 fully saturated rings. The van der Waals surface area contributed by atoms with Gasteiger partial charge in [-0.2, -0.15) is 0 Å². The third kappa shape index (κ3) is 6.00. The van der Waals surface area contributed by atoms with Crippen molar-refractivity contribution in [2.75, 3.05) is 4.90 Å². The van der Waals surface area contributed by atoms with Crippen LogP contribution in [0, 0.1) is 0 Å². The zero-order chi connectivity index (χ0) is 37.7. The summed E-state index contributed by atoms with van der Waals surface area (Å²) in [7, 11) is 0. The van der Waals surface area contributed by atoms with E-state index in [0.717, 1.165) is 11.4 Å². The summed E-state index contributed by atoms with van der Waals surface area (Å²) in [5.74, 6) is 0. The first-order valence-corrected chi connectivity index (χ1v) is 21.0. The summed E-state index contributed by atoms with van der Waals surface area (Å²) in [5, 5.41) is 5.23. The molecule has 0 unspecified atom stereocenters. The highest BCUT2D eigenvalue weighted by Gasteiger charge is 2.19. The molecular weight excluding hydrogens is 727 g/mol. The largest absolute Gasteiger partial charge is 0.309 e. The molecule has 2 aromatic heterocycles. The van der Waals surface area contributed by atoms with Crippen LogP contribution in [0.3, 0.4) is 0 Å². The average Bonchev–Trinajstić information content (AvgIpc) is 3.87.